The Hall–Kier alpha value is -1.35. The van der Waals surface area contributed by atoms with Gasteiger partial charge in [-0.15, -0.1) is 0 Å². The van der Waals surface area contributed by atoms with Gasteiger partial charge in [-0.1, -0.05) is 32.9 Å². The van der Waals surface area contributed by atoms with Crippen molar-refractivity contribution < 1.29 is 13.9 Å². The quantitative estimate of drug-likeness (QED) is 0.816. The van der Waals surface area contributed by atoms with Crippen molar-refractivity contribution >= 4 is 11.0 Å². The number of fused-ring (bicyclic) bond motifs is 1. The summed E-state index contributed by atoms with van der Waals surface area (Å²) in [4.78, 5) is 0. The van der Waals surface area contributed by atoms with E-state index >= 15 is 0 Å². The smallest absolute Gasteiger partial charge is 0.170 e. The summed E-state index contributed by atoms with van der Waals surface area (Å²) < 4.78 is 19.0. The lowest BCUT2D eigenvalue weighted by atomic mass is 9.76. The minimum absolute atomic E-state index is 0.201. The van der Waals surface area contributed by atoms with Gasteiger partial charge in [0.15, 0.2) is 11.4 Å². The van der Waals surface area contributed by atoms with Crippen molar-refractivity contribution in [2.24, 2.45) is 5.41 Å². The molecule has 1 aromatic heterocycles. The van der Waals surface area contributed by atoms with Crippen molar-refractivity contribution in [2.45, 2.75) is 33.3 Å². The van der Waals surface area contributed by atoms with E-state index in [-0.39, 0.29) is 5.58 Å². The van der Waals surface area contributed by atoms with Gasteiger partial charge in [-0.3, -0.25) is 0 Å². The molecule has 1 aromatic carbocycles. The third-order valence-electron chi connectivity index (χ3n) is 3.44. The molecule has 1 heterocycles. The monoisotopic (exact) mass is 236 g/mol. The van der Waals surface area contributed by atoms with Gasteiger partial charge >= 0.3 is 0 Å². The zero-order chi connectivity index (χ0) is 12.8. The van der Waals surface area contributed by atoms with Gasteiger partial charge in [0.25, 0.3) is 0 Å². The molecule has 0 aliphatic rings. The predicted octanol–water partition coefficient (Wildman–Crippen LogP) is 3.83. The van der Waals surface area contributed by atoms with Crippen LogP contribution in [0, 0.1) is 11.2 Å². The maximum atomic E-state index is 13.5. The molecule has 2 rings (SSSR count). The maximum absolute atomic E-state index is 13.5. The van der Waals surface area contributed by atoms with E-state index in [4.69, 9.17) is 4.42 Å². The Morgan fingerprint density at radius 1 is 1.18 bits per heavy atom. The van der Waals surface area contributed by atoms with Crippen molar-refractivity contribution in [3.05, 3.63) is 35.8 Å². The Bertz CT molecular complexity index is 547. The van der Waals surface area contributed by atoms with Gasteiger partial charge in [0.1, 0.15) is 11.4 Å². The topological polar surface area (TPSA) is 33.4 Å². The molecule has 0 amide bonds. The van der Waals surface area contributed by atoms with E-state index in [1.54, 1.807) is 25.1 Å². The van der Waals surface area contributed by atoms with Crippen LogP contribution in [0.4, 0.5) is 4.39 Å². The van der Waals surface area contributed by atoms with Crippen LogP contribution >= 0.6 is 0 Å². The van der Waals surface area contributed by atoms with Crippen molar-refractivity contribution in [3.8, 4) is 0 Å². The highest BCUT2D eigenvalue weighted by Crippen LogP contribution is 2.41. The molecule has 0 saturated heterocycles. The van der Waals surface area contributed by atoms with Crippen LogP contribution in [0.15, 0.2) is 28.7 Å². The SMILES string of the molecule is CC(C)(C)C(C)(O)c1cc2cccc(F)c2o1. The van der Waals surface area contributed by atoms with Crippen LogP contribution in [0.1, 0.15) is 33.5 Å². The summed E-state index contributed by atoms with van der Waals surface area (Å²) in [6.07, 6.45) is 0. The predicted molar refractivity (Wildman–Crippen MR) is 65.2 cm³/mol. The molecule has 0 fully saturated rings. The highest BCUT2D eigenvalue weighted by molar-refractivity contribution is 5.78. The normalized spacial score (nSPS) is 16.1. The van der Waals surface area contributed by atoms with Crippen LogP contribution in [0.25, 0.3) is 11.0 Å². The van der Waals surface area contributed by atoms with Gasteiger partial charge in [-0.25, -0.2) is 4.39 Å². The van der Waals surface area contributed by atoms with Gasteiger partial charge in [-0.2, -0.15) is 0 Å². The third kappa shape index (κ3) is 1.84. The second kappa shape index (κ2) is 3.57. The number of furan rings is 1. The molecule has 0 spiro atoms. The van der Waals surface area contributed by atoms with Gasteiger partial charge < -0.3 is 9.52 Å². The van der Waals surface area contributed by atoms with Crippen molar-refractivity contribution in [1.29, 1.82) is 0 Å². The highest BCUT2D eigenvalue weighted by Gasteiger charge is 2.40. The van der Waals surface area contributed by atoms with E-state index in [0.29, 0.717) is 11.1 Å². The first kappa shape index (κ1) is 12.1. The summed E-state index contributed by atoms with van der Waals surface area (Å²) in [5.41, 5.74) is -1.33. The van der Waals surface area contributed by atoms with E-state index in [1.807, 2.05) is 20.8 Å². The van der Waals surface area contributed by atoms with Crippen molar-refractivity contribution in [2.75, 3.05) is 0 Å². The van der Waals surface area contributed by atoms with Crippen LogP contribution in [0.3, 0.4) is 0 Å². The largest absolute Gasteiger partial charge is 0.455 e. The molecule has 2 nitrogen and oxygen atoms in total. The van der Waals surface area contributed by atoms with Crippen molar-refractivity contribution in [1.82, 2.24) is 0 Å². The second-order valence-corrected chi connectivity index (χ2v) is 5.59. The van der Waals surface area contributed by atoms with Crippen LogP contribution < -0.4 is 0 Å². The first-order valence-electron chi connectivity index (χ1n) is 5.64. The van der Waals surface area contributed by atoms with Gasteiger partial charge in [0, 0.05) is 5.39 Å². The minimum Gasteiger partial charge on any atom is -0.455 e. The Balaban J connectivity index is 2.62. The van der Waals surface area contributed by atoms with E-state index in [9.17, 15) is 9.50 Å². The van der Waals surface area contributed by atoms with Crippen molar-refractivity contribution in [3.63, 3.8) is 0 Å². The van der Waals surface area contributed by atoms with E-state index in [0.717, 1.165) is 0 Å². The number of aliphatic hydroxyl groups is 1. The number of halogens is 1. The van der Waals surface area contributed by atoms with Crippen LogP contribution in [0.5, 0.6) is 0 Å². The molecule has 0 saturated carbocycles. The molecule has 0 aliphatic carbocycles. The standard InChI is InChI=1S/C14H17FO2/c1-13(2,3)14(4,16)11-8-9-6-5-7-10(15)12(9)17-11/h5-8,16H,1-4H3. The summed E-state index contributed by atoms with van der Waals surface area (Å²) in [5, 5.41) is 11.2. The summed E-state index contributed by atoms with van der Waals surface area (Å²) >= 11 is 0. The average Bonchev–Trinajstić information content (AvgIpc) is 2.61. The first-order valence-corrected chi connectivity index (χ1v) is 5.64. The molecule has 0 aliphatic heterocycles. The van der Waals surface area contributed by atoms with Gasteiger partial charge in [0.05, 0.1) is 0 Å². The number of hydrogen-bond acceptors (Lipinski definition) is 2. The zero-order valence-electron chi connectivity index (χ0n) is 10.5. The number of hydrogen-bond donors (Lipinski definition) is 1. The van der Waals surface area contributed by atoms with E-state index in [1.165, 1.54) is 6.07 Å². The van der Waals surface area contributed by atoms with E-state index < -0.39 is 16.8 Å². The Kier molecular flexibility index (Phi) is 2.54. The maximum Gasteiger partial charge on any atom is 0.170 e. The molecule has 1 unspecified atom stereocenters. The van der Waals surface area contributed by atoms with E-state index in [2.05, 4.69) is 0 Å². The third-order valence-corrected chi connectivity index (χ3v) is 3.44. The summed E-state index contributed by atoms with van der Waals surface area (Å²) in [5.74, 6) is -0.0106. The number of rotatable bonds is 1. The molecule has 0 bridgehead atoms. The lowest BCUT2D eigenvalue weighted by Crippen LogP contribution is -2.36. The summed E-state index contributed by atoms with van der Waals surface area (Å²) in [6.45, 7) is 7.42. The Labute approximate surface area is 100 Å². The molecule has 1 atom stereocenters. The molecule has 2 aromatic rings. The molecule has 1 N–H and O–H groups in total. The zero-order valence-corrected chi connectivity index (χ0v) is 10.5. The molecule has 17 heavy (non-hydrogen) atoms. The Morgan fingerprint density at radius 2 is 1.82 bits per heavy atom. The lowest BCUT2D eigenvalue weighted by Gasteiger charge is -2.35. The Morgan fingerprint density at radius 3 is 2.35 bits per heavy atom. The summed E-state index contributed by atoms with van der Waals surface area (Å²) in [6, 6.07) is 6.44. The van der Waals surface area contributed by atoms with Crippen LogP contribution in [0.2, 0.25) is 0 Å². The second-order valence-electron chi connectivity index (χ2n) is 5.59. The molecule has 3 heteroatoms. The lowest BCUT2D eigenvalue weighted by molar-refractivity contribution is -0.0628. The first-order chi connectivity index (χ1) is 7.73. The van der Waals surface area contributed by atoms with Crippen LogP contribution in [-0.2, 0) is 5.60 Å². The van der Waals surface area contributed by atoms with Gasteiger partial charge in [-0.05, 0) is 24.5 Å². The van der Waals surface area contributed by atoms with Gasteiger partial charge in [0.2, 0.25) is 0 Å². The molecule has 92 valence electrons. The number of para-hydroxylation sites is 1. The fourth-order valence-electron chi connectivity index (χ4n) is 1.64. The fourth-order valence-corrected chi connectivity index (χ4v) is 1.64. The molecular weight excluding hydrogens is 219 g/mol. The highest BCUT2D eigenvalue weighted by atomic mass is 19.1. The number of benzene rings is 1. The molecular formula is C14H17FO2. The fraction of sp³-hybridized carbons (Fsp3) is 0.429. The summed E-state index contributed by atoms with van der Waals surface area (Å²) in [7, 11) is 0. The minimum atomic E-state index is -1.14. The van der Waals surface area contributed by atoms with Crippen LogP contribution in [-0.4, -0.2) is 5.11 Å². The molecule has 0 radical (unpaired) electrons. The average molecular weight is 236 g/mol.